The highest BCUT2D eigenvalue weighted by molar-refractivity contribution is 5.91. The van der Waals surface area contributed by atoms with Crippen LogP contribution in [0.1, 0.15) is 22.7 Å². The summed E-state index contributed by atoms with van der Waals surface area (Å²) >= 11 is 0. The molecule has 0 aliphatic carbocycles. The van der Waals surface area contributed by atoms with Crippen LogP contribution < -0.4 is 10.9 Å². The molecule has 2 N–H and O–H groups in total. The van der Waals surface area contributed by atoms with Crippen LogP contribution in [0, 0.1) is 0 Å². The quantitative estimate of drug-likeness (QED) is 0.688. The normalized spacial score (nSPS) is 10.8. The lowest BCUT2D eigenvalue weighted by Crippen LogP contribution is -2.29. The fraction of sp³-hybridized carbons (Fsp3) is 0.250. The van der Waals surface area contributed by atoms with Crippen LogP contribution >= 0.6 is 0 Å². The van der Waals surface area contributed by atoms with E-state index in [4.69, 9.17) is 0 Å². The molecule has 3 aromatic rings. The van der Waals surface area contributed by atoms with Crippen molar-refractivity contribution in [2.45, 2.75) is 12.8 Å². The predicted molar refractivity (Wildman–Crippen MR) is 86.2 cm³/mol. The summed E-state index contributed by atoms with van der Waals surface area (Å²) in [6.45, 7) is 0.514. The number of benzene rings is 1. The fourth-order valence-corrected chi connectivity index (χ4v) is 2.30. The maximum absolute atomic E-state index is 11.9. The largest absolute Gasteiger partial charge is 0.351 e. The van der Waals surface area contributed by atoms with Crippen molar-refractivity contribution in [1.29, 1.82) is 0 Å². The first-order valence-electron chi connectivity index (χ1n) is 7.40. The number of nitrogens with one attached hydrogen (secondary N) is 2. The average molecular weight is 311 g/mol. The van der Waals surface area contributed by atoms with Gasteiger partial charge in [-0.05, 0) is 24.6 Å². The van der Waals surface area contributed by atoms with E-state index >= 15 is 0 Å². The Hall–Kier alpha value is -2.96. The summed E-state index contributed by atoms with van der Waals surface area (Å²) in [7, 11) is 1.51. The number of hydrogen-bond acceptors (Lipinski definition) is 4. The molecule has 0 fully saturated rings. The number of nitrogens with zero attached hydrogens (tertiary/aromatic N) is 3. The van der Waals surface area contributed by atoms with Crippen molar-refractivity contribution in [3.8, 4) is 0 Å². The molecule has 7 nitrogen and oxygen atoms in total. The molecule has 0 atom stereocenters. The smallest absolute Gasteiger partial charge is 0.271 e. The molecule has 118 valence electrons. The van der Waals surface area contributed by atoms with Crippen LogP contribution in [0.2, 0.25) is 0 Å². The van der Waals surface area contributed by atoms with E-state index in [2.05, 4.69) is 20.4 Å². The van der Waals surface area contributed by atoms with Crippen molar-refractivity contribution < 1.29 is 4.79 Å². The number of fused-ring (bicyclic) bond motifs is 1. The molecule has 0 saturated carbocycles. The molecule has 0 saturated heterocycles. The van der Waals surface area contributed by atoms with E-state index in [9.17, 15) is 9.59 Å². The molecule has 0 aliphatic rings. The Bertz CT molecular complexity index is 864. The van der Waals surface area contributed by atoms with Crippen LogP contribution in [-0.4, -0.2) is 32.2 Å². The van der Waals surface area contributed by atoms with Crippen LogP contribution in [0.15, 0.2) is 41.2 Å². The second-order valence-electron chi connectivity index (χ2n) is 5.24. The molecule has 0 aliphatic heterocycles. The minimum atomic E-state index is -0.287. The van der Waals surface area contributed by atoms with Gasteiger partial charge in [0.05, 0.1) is 11.0 Å². The van der Waals surface area contributed by atoms with Crippen molar-refractivity contribution in [3.63, 3.8) is 0 Å². The summed E-state index contributed by atoms with van der Waals surface area (Å²) in [6, 6.07) is 10.6. The number of para-hydroxylation sites is 2. The van der Waals surface area contributed by atoms with Gasteiger partial charge in [-0.25, -0.2) is 9.67 Å². The van der Waals surface area contributed by atoms with E-state index in [0.717, 1.165) is 34.4 Å². The standard InChI is InChI=1S/C16H17N5O2/c1-21-15(22)9-8-13(20-21)16(23)17-10-4-7-14-18-11-5-2-3-6-12(11)19-14/h2-3,5-6,8-9H,4,7,10H2,1H3,(H,17,23)(H,18,19). The third-order valence-corrected chi connectivity index (χ3v) is 3.51. The first-order chi connectivity index (χ1) is 11.1. The molecule has 1 aromatic carbocycles. The summed E-state index contributed by atoms with van der Waals surface area (Å²) in [4.78, 5) is 30.9. The number of carbonyl (C=O) groups is 1. The summed E-state index contributed by atoms with van der Waals surface area (Å²) in [5.74, 6) is 0.617. The molecule has 0 spiro atoms. The van der Waals surface area contributed by atoms with Gasteiger partial charge in [0, 0.05) is 26.1 Å². The van der Waals surface area contributed by atoms with Crippen LogP contribution in [-0.2, 0) is 13.5 Å². The monoisotopic (exact) mass is 311 g/mol. The lowest BCUT2D eigenvalue weighted by molar-refractivity contribution is 0.0946. The zero-order valence-electron chi connectivity index (χ0n) is 12.7. The lowest BCUT2D eigenvalue weighted by Gasteiger charge is -2.04. The zero-order chi connectivity index (χ0) is 16.2. The minimum Gasteiger partial charge on any atom is -0.351 e. The second-order valence-corrected chi connectivity index (χ2v) is 5.24. The highest BCUT2D eigenvalue weighted by Crippen LogP contribution is 2.11. The number of aromatic amines is 1. The molecule has 7 heteroatoms. The van der Waals surface area contributed by atoms with Gasteiger partial charge in [-0.15, -0.1) is 0 Å². The van der Waals surface area contributed by atoms with Crippen LogP contribution in [0.5, 0.6) is 0 Å². The Labute approximate surface area is 132 Å². The molecule has 0 unspecified atom stereocenters. The summed E-state index contributed by atoms with van der Waals surface area (Å²) < 4.78 is 1.14. The summed E-state index contributed by atoms with van der Waals surface area (Å²) in [5.41, 5.74) is 1.95. The van der Waals surface area contributed by atoms with Crippen LogP contribution in [0.4, 0.5) is 0 Å². The van der Waals surface area contributed by atoms with Crippen molar-refractivity contribution in [2.75, 3.05) is 6.54 Å². The van der Waals surface area contributed by atoms with E-state index in [1.165, 1.54) is 19.2 Å². The molecule has 1 amide bonds. The minimum absolute atomic E-state index is 0.232. The van der Waals surface area contributed by atoms with Crippen molar-refractivity contribution in [2.24, 2.45) is 7.05 Å². The van der Waals surface area contributed by atoms with Gasteiger partial charge in [0.2, 0.25) is 0 Å². The maximum Gasteiger partial charge on any atom is 0.271 e. The van der Waals surface area contributed by atoms with Crippen molar-refractivity contribution in [1.82, 2.24) is 25.1 Å². The van der Waals surface area contributed by atoms with Gasteiger partial charge in [0.15, 0.2) is 0 Å². The number of aromatic nitrogens is 4. The Morgan fingerprint density at radius 3 is 2.87 bits per heavy atom. The SMILES string of the molecule is Cn1nc(C(=O)NCCCc2nc3ccccc3[nH]2)ccc1=O. The van der Waals surface area contributed by atoms with E-state index < -0.39 is 0 Å². The van der Waals surface area contributed by atoms with Crippen LogP contribution in [0.25, 0.3) is 11.0 Å². The molecule has 0 radical (unpaired) electrons. The lowest BCUT2D eigenvalue weighted by atomic mass is 10.3. The number of rotatable bonds is 5. The van der Waals surface area contributed by atoms with E-state index in [1.54, 1.807) is 0 Å². The van der Waals surface area contributed by atoms with E-state index in [1.807, 2.05) is 24.3 Å². The topological polar surface area (TPSA) is 92.7 Å². The molecule has 3 rings (SSSR count). The predicted octanol–water partition coefficient (Wildman–Crippen LogP) is 1.02. The molecule has 23 heavy (non-hydrogen) atoms. The molecule has 2 heterocycles. The Kier molecular flexibility index (Phi) is 4.18. The number of H-pyrrole nitrogens is 1. The summed E-state index contributed by atoms with van der Waals surface area (Å²) in [5, 5.41) is 6.70. The third kappa shape index (κ3) is 3.45. The molecule has 2 aromatic heterocycles. The maximum atomic E-state index is 11.9. The van der Waals surface area contributed by atoms with Gasteiger partial charge in [0.25, 0.3) is 11.5 Å². The Morgan fingerprint density at radius 1 is 1.26 bits per heavy atom. The number of carbonyl (C=O) groups excluding carboxylic acids is 1. The number of aryl methyl sites for hydroxylation is 2. The number of amides is 1. The number of imidazole rings is 1. The van der Waals surface area contributed by atoms with Gasteiger partial charge < -0.3 is 10.3 Å². The molecule has 0 bridgehead atoms. The fourth-order valence-electron chi connectivity index (χ4n) is 2.30. The van der Waals surface area contributed by atoms with Gasteiger partial charge in [-0.1, -0.05) is 12.1 Å². The van der Waals surface area contributed by atoms with Gasteiger partial charge >= 0.3 is 0 Å². The van der Waals surface area contributed by atoms with Crippen molar-refractivity contribution >= 4 is 16.9 Å². The van der Waals surface area contributed by atoms with Gasteiger partial charge in [0.1, 0.15) is 11.5 Å². The number of hydrogen-bond donors (Lipinski definition) is 2. The van der Waals surface area contributed by atoms with Crippen LogP contribution in [0.3, 0.4) is 0 Å². The molecular formula is C16H17N5O2. The average Bonchev–Trinajstić information content (AvgIpc) is 2.96. The van der Waals surface area contributed by atoms with E-state index in [-0.39, 0.29) is 17.2 Å². The third-order valence-electron chi connectivity index (χ3n) is 3.51. The highest BCUT2D eigenvalue weighted by Gasteiger charge is 2.08. The van der Waals surface area contributed by atoms with Gasteiger partial charge in [-0.2, -0.15) is 5.10 Å². The first kappa shape index (κ1) is 15.0. The Balaban J connectivity index is 1.51. The molecular weight excluding hydrogens is 294 g/mol. The highest BCUT2D eigenvalue weighted by atomic mass is 16.2. The first-order valence-corrected chi connectivity index (χ1v) is 7.40. The van der Waals surface area contributed by atoms with Crippen molar-refractivity contribution in [3.05, 3.63) is 58.3 Å². The Morgan fingerprint density at radius 2 is 2.09 bits per heavy atom. The zero-order valence-corrected chi connectivity index (χ0v) is 12.7. The van der Waals surface area contributed by atoms with Gasteiger partial charge in [-0.3, -0.25) is 9.59 Å². The second kappa shape index (κ2) is 6.43. The summed E-state index contributed by atoms with van der Waals surface area (Å²) in [6.07, 6.45) is 1.51. The van der Waals surface area contributed by atoms with E-state index in [0.29, 0.717) is 6.54 Å².